The second-order valence-electron chi connectivity index (χ2n) is 8.60. The summed E-state index contributed by atoms with van der Waals surface area (Å²) in [4.78, 5) is 0. The summed E-state index contributed by atoms with van der Waals surface area (Å²) in [5.41, 5.74) is 11.3. The van der Waals surface area contributed by atoms with Crippen molar-refractivity contribution in [1.29, 1.82) is 0 Å². The zero-order valence-electron chi connectivity index (χ0n) is 18.6. The van der Waals surface area contributed by atoms with Gasteiger partial charge in [-0.25, -0.2) is 0 Å². The van der Waals surface area contributed by atoms with Crippen molar-refractivity contribution in [1.82, 2.24) is 4.57 Å². The quantitative estimate of drug-likeness (QED) is 0.287. The standard InChI is InChI=1S/C30H27N/c1-20-9-14-24(15-10-20)29-26-7-5-6-8-27(26)30(25-16-11-21(2)12-17-25)31(29)28-18-13-22(3)19-23(28)4/h5-19H,1-4H3. The number of hydrogen-bond acceptors (Lipinski definition) is 0. The monoisotopic (exact) mass is 401 g/mol. The highest BCUT2D eigenvalue weighted by Gasteiger charge is 2.21. The molecule has 0 saturated carbocycles. The van der Waals surface area contributed by atoms with Crippen molar-refractivity contribution in [3.8, 4) is 28.2 Å². The first kappa shape index (κ1) is 19.4. The molecule has 5 rings (SSSR count). The average Bonchev–Trinajstić information content (AvgIpc) is 3.10. The van der Waals surface area contributed by atoms with E-state index in [9.17, 15) is 0 Å². The van der Waals surface area contributed by atoms with Crippen molar-refractivity contribution in [2.24, 2.45) is 0 Å². The number of aryl methyl sites for hydroxylation is 4. The fourth-order valence-corrected chi connectivity index (χ4v) is 4.54. The van der Waals surface area contributed by atoms with E-state index in [2.05, 4.69) is 123 Å². The van der Waals surface area contributed by atoms with Crippen LogP contribution in [0.5, 0.6) is 0 Å². The predicted octanol–water partition coefficient (Wildman–Crippen LogP) is 8.20. The number of hydrogen-bond donors (Lipinski definition) is 0. The number of aromatic nitrogens is 1. The summed E-state index contributed by atoms with van der Waals surface area (Å²) in [7, 11) is 0. The van der Waals surface area contributed by atoms with Gasteiger partial charge in [0.25, 0.3) is 0 Å². The third-order valence-corrected chi connectivity index (χ3v) is 6.13. The molecule has 0 spiro atoms. The molecule has 0 radical (unpaired) electrons. The van der Waals surface area contributed by atoms with Crippen LogP contribution in [0.1, 0.15) is 22.3 Å². The molecule has 0 aliphatic heterocycles. The second kappa shape index (κ2) is 7.59. The second-order valence-corrected chi connectivity index (χ2v) is 8.60. The first-order chi connectivity index (χ1) is 15.0. The molecule has 1 heteroatoms. The van der Waals surface area contributed by atoms with E-state index in [4.69, 9.17) is 0 Å². The first-order valence-electron chi connectivity index (χ1n) is 10.9. The molecule has 0 N–H and O–H groups in total. The normalized spacial score (nSPS) is 11.2. The highest BCUT2D eigenvalue weighted by atomic mass is 15.0. The molecule has 31 heavy (non-hydrogen) atoms. The minimum absolute atomic E-state index is 1.23. The van der Waals surface area contributed by atoms with Crippen LogP contribution in [0.25, 0.3) is 39.0 Å². The molecule has 0 saturated heterocycles. The lowest BCUT2D eigenvalue weighted by atomic mass is 10.0. The third-order valence-electron chi connectivity index (χ3n) is 6.13. The maximum atomic E-state index is 2.47. The van der Waals surface area contributed by atoms with Crippen molar-refractivity contribution in [3.05, 3.63) is 113 Å². The van der Waals surface area contributed by atoms with Crippen molar-refractivity contribution in [2.45, 2.75) is 27.7 Å². The topological polar surface area (TPSA) is 4.93 Å². The van der Waals surface area contributed by atoms with Crippen molar-refractivity contribution >= 4 is 10.8 Å². The van der Waals surface area contributed by atoms with E-state index in [1.807, 2.05) is 0 Å². The Morgan fingerprint density at radius 2 is 0.935 bits per heavy atom. The molecular formula is C30H27N. The Balaban J connectivity index is 1.95. The zero-order valence-corrected chi connectivity index (χ0v) is 18.6. The van der Waals surface area contributed by atoms with Gasteiger partial charge in [-0.05, 0) is 50.5 Å². The van der Waals surface area contributed by atoms with Crippen LogP contribution in [0, 0.1) is 27.7 Å². The molecule has 5 aromatic rings. The lowest BCUT2D eigenvalue weighted by Gasteiger charge is -2.17. The molecule has 0 amide bonds. The highest BCUT2D eigenvalue weighted by molar-refractivity contribution is 6.06. The van der Waals surface area contributed by atoms with E-state index in [-0.39, 0.29) is 0 Å². The van der Waals surface area contributed by atoms with Crippen LogP contribution in [0.2, 0.25) is 0 Å². The lowest BCUT2D eigenvalue weighted by Crippen LogP contribution is -2.02. The fourth-order valence-electron chi connectivity index (χ4n) is 4.54. The van der Waals surface area contributed by atoms with E-state index < -0.39 is 0 Å². The van der Waals surface area contributed by atoms with Crippen molar-refractivity contribution in [3.63, 3.8) is 0 Å². The molecule has 4 aromatic carbocycles. The number of fused-ring (bicyclic) bond motifs is 1. The molecule has 0 aliphatic carbocycles. The highest BCUT2D eigenvalue weighted by Crippen LogP contribution is 2.42. The molecule has 1 heterocycles. The van der Waals surface area contributed by atoms with Crippen LogP contribution in [0.3, 0.4) is 0 Å². The SMILES string of the molecule is Cc1ccc(-c2c3ccccc3c(-c3ccc(C)cc3)n2-c2ccc(C)cc2C)cc1. The smallest absolute Gasteiger partial charge is 0.0613 e. The average molecular weight is 402 g/mol. The predicted molar refractivity (Wildman–Crippen MR) is 133 cm³/mol. The summed E-state index contributed by atoms with van der Waals surface area (Å²) in [6.45, 7) is 8.65. The minimum atomic E-state index is 1.23. The van der Waals surface area contributed by atoms with E-state index in [0.29, 0.717) is 0 Å². The first-order valence-corrected chi connectivity index (χ1v) is 10.9. The van der Waals surface area contributed by atoms with Gasteiger partial charge >= 0.3 is 0 Å². The Morgan fingerprint density at radius 3 is 1.39 bits per heavy atom. The Kier molecular flexibility index (Phi) is 4.75. The van der Waals surface area contributed by atoms with Gasteiger partial charge in [0.15, 0.2) is 0 Å². The van der Waals surface area contributed by atoms with Crippen molar-refractivity contribution in [2.75, 3.05) is 0 Å². The zero-order chi connectivity index (χ0) is 21.5. The summed E-state index contributed by atoms with van der Waals surface area (Å²) in [5.74, 6) is 0. The van der Waals surface area contributed by atoms with Crippen LogP contribution in [-0.4, -0.2) is 4.57 Å². The molecule has 0 unspecified atom stereocenters. The fraction of sp³-hybridized carbons (Fsp3) is 0.133. The maximum Gasteiger partial charge on any atom is 0.0613 e. The van der Waals surface area contributed by atoms with Crippen LogP contribution in [0.15, 0.2) is 91.0 Å². The van der Waals surface area contributed by atoms with Crippen LogP contribution in [0.4, 0.5) is 0 Å². The lowest BCUT2D eigenvalue weighted by molar-refractivity contribution is 1.08. The summed E-state index contributed by atoms with van der Waals surface area (Å²) in [5, 5.41) is 2.56. The molecule has 1 nitrogen and oxygen atoms in total. The minimum Gasteiger partial charge on any atom is -0.308 e. The van der Waals surface area contributed by atoms with Crippen molar-refractivity contribution < 1.29 is 0 Å². The van der Waals surface area contributed by atoms with E-state index in [1.54, 1.807) is 0 Å². The Labute approximate surface area is 184 Å². The molecular weight excluding hydrogens is 374 g/mol. The maximum absolute atomic E-state index is 2.47. The summed E-state index contributed by atoms with van der Waals surface area (Å²) >= 11 is 0. The largest absolute Gasteiger partial charge is 0.308 e. The third kappa shape index (κ3) is 3.37. The molecule has 1 aromatic heterocycles. The van der Waals surface area contributed by atoms with E-state index in [0.717, 1.165) is 0 Å². The Morgan fingerprint density at radius 1 is 0.484 bits per heavy atom. The van der Waals surface area contributed by atoms with Crippen LogP contribution in [-0.2, 0) is 0 Å². The van der Waals surface area contributed by atoms with Gasteiger partial charge in [-0.2, -0.15) is 0 Å². The van der Waals surface area contributed by atoms with Gasteiger partial charge in [0, 0.05) is 16.5 Å². The van der Waals surface area contributed by atoms with Gasteiger partial charge in [-0.3, -0.25) is 0 Å². The number of nitrogens with zero attached hydrogens (tertiary/aromatic N) is 1. The van der Waals surface area contributed by atoms with Gasteiger partial charge in [-0.1, -0.05) is 102 Å². The van der Waals surface area contributed by atoms with Gasteiger partial charge < -0.3 is 4.57 Å². The van der Waals surface area contributed by atoms with E-state index in [1.165, 1.54) is 61.2 Å². The Hall–Kier alpha value is -3.58. The molecule has 0 bridgehead atoms. The Bertz CT molecular complexity index is 1300. The summed E-state index contributed by atoms with van der Waals surface area (Å²) < 4.78 is 2.47. The molecule has 152 valence electrons. The van der Waals surface area contributed by atoms with Crippen LogP contribution >= 0.6 is 0 Å². The molecule has 0 aliphatic rings. The molecule has 0 fully saturated rings. The van der Waals surface area contributed by atoms with Gasteiger partial charge in [-0.15, -0.1) is 0 Å². The van der Waals surface area contributed by atoms with Crippen LogP contribution < -0.4 is 0 Å². The van der Waals surface area contributed by atoms with Gasteiger partial charge in [0.05, 0.1) is 11.4 Å². The van der Waals surface area contributed by atoms with Gasteiger partial charge in [0.2, 0.25) is 0 Å². The summed E-state index contributed by atoms with van der Waals surface area (Å²) in [6, 6.07) is 33.3. The number of rotatable bonds is 3. The number of benzene rings is 4. The summed E-state index contributed by atoms with van der Waals surface area (Å²) in [6.07, 6.45) is 0. The van der Waals surface area contributed by atoms with Gasteiger partial charge in [0.1, 0.15) is 0 Å². The van der Waals surface area contributed by atoms with E-state index >= 15 is 0 Å². The molecule has 0 atom stereocenters.